The molecule has 0 radical (unpaired) electrons. The zero-order valence-electron chi connectivity index (χ0n) is 9.87. The molecule has 0 aliphatic heterocycles. The molecule has 88 valence electrons. The SMILES string of the molecule is c1cc(NC2CCC3(CCCC3)CC2)cs1. The summed E-state index contributed by atoms with van der Waals surface area (Å²) in [6, 6.07) is 2.94. The molecule has 2 saturated carbocycles. The number of nitrogens with one attached hydrogen (secondary N) is 1. The van der Waals surface area contributed by atoms with Gasteiger partial charge in [-0.3, -0.25) is 0 Å². The monoisotopic (exact) mass is 235 g/mol. The van der Waals surface area contributed by atoms with E-state index in [9.17, 15) is 0 Å². The first-order valence-corrected chi connectivity index (χ1v) is 7.59. The van der Waals surface area contributed by atoms with Gasteiger partial charge in [0, 0.05) is 17.1 Å². The van der Waals surface area contributed by atoms with Crippen LogP contribution in [0.3, 0.4) is 0 Å². The summed E-state index contributed by atoms with van der Waals surface area (Å²) in [5.74, 6) is 0. The molecule has 3 rings (SSSR count). The molecule has 0 amide bonds. The third-order valence-corrected chi connectivity index (χ3v) is 5.29. The molecular weight excluding hydrogens is 214 g/mol. The summed E-state index contributed by atoms with van der Waals surface area (Å²) < 4.78 is 0. The molecule has 2 heteroatoms. The Kier molecular flexibility index (Phi) is 2.93. The Morgan fingerprint density at radius 3 is 2.50 bits per heavy atom. The van der Waals surface area contributed by atoms with Gasteiger partial charge in [-0.15, -0.1) is 0 Å². The second-order valence-electron chi connectivity index (χ2n) is 5.64. The lowest BCUT2D eigenvalue weighted by Crippen LogP contribution is -2.31. The fraction of sp³-hybridized carbons (Fsp3) is 0.714. The van der Waals surface area contributed by atoms with Crippen molar-refractivity contribution >= 4 is 17.0 Å². The fourth-order valence-electron chi connectivity index (χ4n) is 3.58. The summed E-state index contributed by atoms with van der Waals surface area (Å²) in [5, 5.41) is 8.06. The Balaban J connectivity index is 1.54. The first-order valence-electron chi connectivity index (χ1n) is 6.65. The van der Waals surface area contributed by atoms with Crippen molar-refractivity contribution in [3.63, 3.8) is 0 Å². The minimum atomic E-state index is 0.737. The van der Waals surface area contributed by atoms with Crippen LogP contribution in [0.5, 0.6) is 0 Å². The van der Waals surface area contributed by atoms with Crippen molar-refractivity contribution in [2.75, 3.05) is 5.32 Å². The van der Waals surface area contributed by atoms with E-state index in [1.807, 2.05) is 0 Å². The van der Waals surface area contributed by atoms with Gasteiger partial charge >= 0.3 is 0 Å². The summed E-state index contributed by atoms with van der Waals surface area (Å²) in [5.41, 5.74) is 2.10. The molecular formula is C14H21NS. The van der Waals surface area contributed by atoms with Gasteiger partial charge < -0.3 is 5.32 Å². The normalized spacial score (nSPS) is 25.0. The second-order valence-corrected chi connectivity index (χ2v) is 6.42. The van der Waals surface area contributed by atoms with Crippen molar-refractivity contribution < 1.29 is 0 Å². The van der Waals surface area contributed by atoms with Crippen LogP contribution in [0.25, 0.3) is 0 Å². The minimum Gasteiger partial charge on any atom is -0.382 e. The van der Waals surface area contributed by atoms with Crippen molar-refractivity contribution in [1.29, 1.82) is 0 Å². The van der Waals surface area contributed by atoms with Gasteiger partial charge in [-0.05, 0) is 55.4 Å². The van der Waals surface area contributed by atoms with Crippen LogP contribution in [0.4, 0.5) is 5.69 Å². The minimum absolute atomic E-state index is 0.737. The Labute approximate surface area is 102 Å². The number of thiophene rings is 1. The van der Waals surface area contributed by atoms with Gasteiger partial charge in [0.2, 0.25) is 0 Å². The molecule has 16 heavy (non-hydrogen) atoms. The molecule has 0 bridgehead atoms. The van der Waals surface area contributed by atoms with Gasteiger partial charge in [-0.1, -0.05) is 12.8 Å². The Morgan fingerprint density at radius 2 is 1.88 bits per heavy atom. The van der Waals surface area contributed by atoms with E-state index < -0.39 is 0 Å². The van der Waals surface area contributed by atoms with Crippen LogP contribution in [-0.4, -0.2) is 6.04 Å². The first-order chi connectivity index (χ1) is 7.86. The van der Waals surface area contributed by atoms with Crippen LogP contribution in [-0.2, 0) is 0 Å². The molecule has 0 atom stereocenters. The van der Waals surface area contributed by atoms with E-state index in [4.69, 9.17) is 0 Å². The summed E-state index contributed by atoms with van der Waals surface area (Å²) in [6.07, 6.45) is 11.7. The molecule has 1 nitrogen and oxygen atoms in total. The smallest absolute Gasteiger partial charge is 0.0450 e. The van der Waals surface area contributed by atoms with Gasteiger partial charge in [0.1, 0.15) is 0 Å². The van der Waals surface area contributed by atoms with Crippen molar-refractivity contribution in [3.05, 3.63) is 16.8 Å². The number of hydrogen-bond acceptors (Lipinski definition) is 2. The Bertz CT molecular complexity index is 315. The molecule has 1 heterocycles. The zero-order valence-corrected chi connectivity index (χ0v) is 10.7. The lowest BCUT2D eigenvalue weighted by Gasteiger charge is -2.37. The van der Waals surface area contributed by atoms with Crippen molar-refractivity contribution in [3.8, 4) is 0 Å². The van der Waals surface area contributed by atoms with Gasteiger partial charge in [0.25, 0.3) is 0 Å². The Hall–Kier alpha value is -0.500. The molecule has 0 saturated heterocycles. The summed E-state index contributed by atoms with van der Waals surface area (Å²) in [6.45, 7) is 0. The van der Waals surface area contributed by atoms with E-state index in [0.29, 0.717) is 0 Å². The number of rotatable bonds is 2. The summed E-state index contributed by atoms with van der Waals surface area (Å²) in [4.78, 5) is 0. The van der Waals surface area contributed by atoms with Crippen molar-refractivity contribution in [2.45, 2.75) is 57.4 Å². The summed E-state index contributed by atoms with van der Waals surface area (Å²) in [7, 11) is 0. The topological polar surface area (TPSA) is 12.0 Å². The van der Waals surface area contributed by atoms with E-state index in [1.54, 1.807) is 11.3 Å². The molecule has 2 fully saturated rings. The predicted octanol–water partition coefficient (Wildman–Crippen LogP) is 4.66. The van der Waals surface area contributed by atoms with Crippen LogP contribution in [0.15, 0.2) is 16.8 Å². The van der Waals surface area contributed by atoms with Gasteiger partial charge in [-0.25, -0.2) is 0 Å². The lowest BCUT2D eigenvalue weighted by atomic mass is 9.71. The van der Waals surface area contributed by atoms with E-state index in [2.05, 4.69) is 22.1 Å². The van der Waals surface area contributed by atoms with Crippen LogP contribution < -0.4 is 5.32 Å². The molecule has 2 aliphatic rings. The molecule has 0 aromatic carbocycles. The molecule has 1 aromatic rings. The highest BCUT2D eigenvalue weighted by molar-refractivity contribution is 7.08. The predicted molar refractivity (Wildman–Crippen MR) is 71.1 cm³/mol. The standard InChI is InChI=1S/C14H21NS/c1-2-7-14(6-1)8-3-12(4-9-14)15-13-5-10-16-11-13/h5,10-12,15H,1-4,6-9H2. The fourth-order valence-corrected chi connectivity index (χ4v) is 4.18. The second kappa shape index (κ2) is 4.40. The van der Waals surface area contributed by atoms with Gasteiger partial charge in [-0.2, -0.15) is 11.3 Å². The average Bonchev–Trinajstić information content (AvgIpc) is 2.94. The molecule has 1 spiro atoms. The molecule has 1 aromatic heterocycles. The highest BCUT2D eigenvalue weighted by Gasteiger charge is 2.37. The highest BCUT2D eigenvalue weighted by atomic mass is 32.1. The lowest BCUT2D eigenvalue weighted by molar-refractivity contribution is 0.188. The number of anilines is 1. The van der Waals surface area contributed by atoms with E-state index in [1.165, 1.54) is 57.1 Å². The highest BCUT2D eigenvalue weighted by Crippen LogP contribution is 2.49. The maximum atomic E-state index is 3.68. The van der Waals surface area contributed by atoms with E-state index >= 15 is 0 Å². The largest absolute Gasteiger partial charge is 0.382 e. The maximum absolute atomic E-state index is 3.68. The Morgan fingerprint density at radius 1 is 1.12 bits per heavy atom. The zero-order chi connectivity index (χ0) is 10.8. The third-order valence-electron chi connectivity index (χ3n) is 4.60. The van der Waals surface area contributed by atoms with E-state index in [0.717, 1.165) is 11.5 Å². The van der Waals surface area contributed by atoms with E-state index in [-0.39, 0.29) is 0 Å². The molecule has 2 aliphatic carbocycles. The summed E-state index contributed by atoms with van der Waals surface area (Å²) >= 11 is 1.78. The van der Waals surface area contributed by atoms with Crippen LogP contribution in [0.1, 0.15) is 51.4 Å². The average molecular weight is 235 g/mol. The number of hydrogen-bond donors (Lipinski definition) is 1. The van der Waals surface area contributed by atoms with Crippen LogP contribution in [0.2, 0.25) is 0 Å². The van der Waals surface area contributed by atoms with Gasteiger partial charge in [0.15, 0.2) is 0 Å². The van der Waals surface area contributed by atoms with Crippen molar-refractivity contribution in [1.82, 2.24) is 0 Å². The molecule has 0 unspecified atom stereocenters. The van der Waals surface area contributed by atoms with Crippen LogP contribution >= 0.6 is 11.3 Å². The van der Waals surface area contributed by atoms with Crippen LogP contribution in [0, 0.1) is 5.41 Å². The maximum Gasteiger partial charge on any atom is 0.0450 e. The van der Waals surface area contributed by atoms with Crippen molar-refractivity contribution in [2.24, 2.45) is 5.41 Å². The third kappa shape index (κ3) is 2.13. The molecule has 1 N–H and O–H groups in total. The quantitative estimate of drug-likeness (QED) is 0.786. The van der Waals surface area contributed by atoms with Gasteiger partial charge in [0.05, 0.1) is 0 Å². The first kappa shape index (κ1) is 10.6.